The summed E-state index contributed by atoms with van der Waals surface area (Å²) < 4.78 is 7.24. The second kappa shape index (κ2) is 8.04. The van der Waals surface area contributed by atoms with E-state index in [1.165, 1.54) is 6.20 Å². The number of imidazole rings is 1. The molecular weight excluding hydrogens is 370 g/mol. The van der Waals surface area contributed by atoms with E-state index in [4.69, 9.17) is 4.74 Å². The van der Waals surface area contributed by atoms with Gasteiger partial charge in [0.05, 0.1) is 25.2 Å². The highest BCUT2D eigenvalue weighted by Gasteiger charge is 2.23. The molecule has 0 radical (unpaired) electrons. The van der Waals surface area contributed by atoms with Crippen molar-refractivity contribution in [3.8, 4) is 5.75 Å². The molecule has 2 N–H and O–H groups in total. The van der Waals surface area contributed by atoms with Crippen LogP contribution in [0.5, 0.6) is 5.75 Å². The quantitative estimate of drug-likeness (QED) is 0.658. The van der Waals surface area contributed by atoms with Gasteiger partial charge in [-0.05, 0) is 19.9 Å². The number of nitrogens with zero attached hydrogens (tertiary/aromatic N) is 5. The Bertz CT molecular complexity index is 1020. The summed E-state index contributed by atoms with van der Waals surface area (Å²) in [6, 6.07) is 2.25. The fraction of sp³-hybridized carbons (Fsp3) is 0.400. The first-order valence-electron chi connectivity index (χ1n) is 9.72. The highest BCUT2D eigenvalue weighted by Crippen LogP contribution is 2.26. The molecule has 1 atom stereocenters. The van der Waals surface area contributed by atoms with E-state index in [1.54, 1.807) is 25.6 Å². The zero-order valence-electron chi connectivity index (χ0n) is 16.8. The number of amides is 1. The van der Waals surface area contributed by atoms with Crippen LogP contribution >= 0.6 is 0 Å². The van der Waals surface area contributed by atoms with Crippen molar-refractivity contribution in [2.45, 2.75) is 26.3 Å². The van der Waals surface area contributed by atoms with Gasteiger partial charge in [-0.3, -0.25) is 4.79 Å². The molecule has 9 nitrogen and oxygen atoms in total. The monoisotopic (exact) mass is 395 g/mol. The Morgan fingerprint density at radius 2 is 2.17 bits per heavy atom. The summed E-state index contributed by atoms with van der Waals surface area (Å²) in [4.78, 5) is 28.0. The van der Waals surface area contributed by atoms with Crippen LogP contribution in [-0.4, -0.2) is 58.0 Å². The first kappa shape index (κ1) is 19.1. The first-order chi connectivity index (χ1) is 14.1. The van der Waals surface area contributed by atoms with Crippen LogP contribution in [0, 0.1) is 6.92 Å². The minimum Gasteiger partial charge on any atom is -0.494 e. The van der Waals surface area contributed by atoms with E-state index in [1.807, 2.05) is 17.5 Å². The Labute approximate surface area is 169 Å². The van der Waals surface area contributed by atoms with Gasteiger partial charge in [0.15, 0.2) is 0 Å². The summed E-state index contributed by atoms with van der Waals surface area (Å²) >= 11 is 0. The maximum atomic E-state index is 12.7. The number of methoxy groups -OCH3 is 1. The van der Waals surface area contributed by atoms with Crippen molar-refractivity contribution in [1.29, 1.82) is 0 Å². The third-order valence-electron chi connectivity index (χ3n) is 5.02. The first-order valence-corrected chi connectivity index (χ1v) is 9.72. The average molecular weight is 395 g/mol. The second-order valence-corrected chi connectivity index (χ2v) is 7.11. The van der Waals surface area contributed by atoms with Crippen LogP contribution in [0.4, 0.5) is 11.5 Å². The lowest BCUT2D eigenvalue weighted by Crippen LogP contribution is -2.32. The van der Waals surface area contributed by atoms with E-state index in [2.05, 4.69) is 37.4 Å². The van der Waals surface area contributed by atoms with E-state index in [0.29, 0.717) is 17.5 Å². The molecule has 29 heavy (non-hydrogen) atoms. The third-order valence-corrected chi connectivity index (χ3v) is 5.02. The molecule has 9 heteroatoms. The van der Waals surface area contributed by atoms with E-state index in [9.17, 15) is 4.79 Å². The van der Waals surface area contributed by atoms with Gasteiger partial charge in [-0.15, -0.1) is 0 Å². The van der Waals surface area contributed by atoms with E-state index in [-0.39, 0.29) is 11.6 Å². The van der Waals surface area contributed by atoms with Crippen molar-refractivity contribution in [1.82, 2.24) is 24.7 Å². The Hall–Kier alpha value is -3.20. The van der Waals surface area contributed by atoms with Crippen molar-refractivity contribution < 1.29 is 9.53 Å². The molecule has 0 spiro atoms. The van der Waals surface area contributed by atoms with Gasteiger partial charge in [-0.25, -0.2) is 15.0 Å². The van der Waals surface area contributed by atoms with Crippen LogP contribution in [0.3, 0.4) is 0 Å². The fourth-order valence-corrected chi connectivity index (χ4v) is 3.62. The van der Waals surface area contributed by atoms with Crippen molar-refractivity contribution in [2.75, 3.05) is 37.0 Å². The summed E-state index contributed by atoms with van der Waals surface area (Å²) in [5.41, 5.74) is 2.43. The number of anilines is 2. The Morgan fingerprint density at radius 1 is 1.31 bits per heavy atom. The Kier molecular flexibility index (Phi) is 5.30. The van der Waals surface area contributed by atoms with Gasteiger partial charge in [0.2, 0.25) is 0 Å². The van der Waals surface area contributed by atoms with Crippen molar-refractivity contribution in [2.24, 2.45) is 0 Å². The maximum absolute atomic E-state index is 12.7. The Balaban J connectivity index is 1.48. The molecule has 0 aliphatic carbocycles. The molecule has 0 unspecified atom stereocenters. The van der Waals surface area contributed by atoms with Crippen LogP contribution in [0.15, 0.2) is 30.9 Å². The van der Waals surface area contributed by atoms with Gasteiger partial charge in [0, 0.05) is 37.6 Å². The molecule has 3 aromatic heterocycles. The van der Waals surface area contributed by atoms with Crippen molar-refractivity contribution in [3.63, 3.8) is 0 Å². The number of carbonyl (C=O) groups excluding carboxylic acids is 1. The van der Waals surface area contributed by atoms with Gasteiger partial charge in [0.1, 0.15) is 28.6 Å². The van der Waals surface area contributed by atoms with Crippen LogP contribution in [0.1, 0.15) is 29.5 Å². The molecule has 152 valence electrons. The van der Waals surface area contributed by atoms with Gasteiger partial charge in [-0.2, -0.15) is 0 Å². The summed E-state index contributed by atoms with van der Waals surface area (Å²) in [5.74, 6) is 0.980. The predicted molar refractivity (Wildman–Crippen MR) is 111 cm³/mol. The van der Waals surface area contributed by atoms with Crippen LogP contribution < -0.4 is 20.3 Å². The van der Waals surface area contributed by atoms with Crippen molar-refractivity contribution in [3.05, 3.63) is 42.2 Å². The number of ether oxygens (including phenoxy) is 1. The molecule has 0 aromatic carbocycles. The zero-order valence-corrected chi connectivity index (χ0v) is 16.8. The topological polar surface area (TPSA) is 96.7 Å². The molecule has 3 aromatic rings. The molecule has 4 rings (SSSR count). The number of aryl methyl sites for hydroxylation is 1. The summed E-state index contributed by atoms with van der Waals surface area (Å²) in [6.07, 6.45) is 7.91. The zero-order chi connectivity index (χ0) is 20.4. The maximum Gasteiger partial charge on any atom is 0.276 e. The van der Waals surface area contributed by atoms with Gasteiger partial charge in [-0.1, -0.05) is 6.92 Å². The molecule has 1 amide bonds. The summed E-state index contributed by atoms with van der Waals surface area (Å²) in [7, 11) is 1.56. The minimum absolute atomic E-state index is 0.250. The minimum atomic E-state index is -0.342. The number of carbonyl (C=O) groups is 1. The molecule has 1 aliphatic heterocycles. The molecular formula is C20H25N7O2. The second-order valence-electron chi connectivity index (χ2n) is 7.11. The number of likely N-dealkylation sites (N-methyl/N-ethyl adjacent to an activating group) is 1. The van der Waals surface area contributed by atoms with E-state index >= 15 is 0 Å². The van der Waals surface area contributed by atoms with Gasteiger partial charge < -0.3 is 24.7 Å². The average Bonchev–Trinajstić information content (AvgIpc) is 3.33. The summed E-state index contributed by atoms with van der Waals surface area (Å²) in [6.45, 7) is 6.80. The van der Waals surface area contributed by atoms with Gasteiger partial charge in [0.25, 0.3) is 5.91 Å². The number of aromatic nitrogens is 4. The summed E-state index contributed by atoms with van der Waals surface area (Å²) in [5, 5.41) is 6.31. The number of nitrogens with one attached hydrogen (secondary N) is 2. The Morgan fingerprint density at radius 3 is 2.90 bits per heavy atom. The number of pyridine rings is 1. The highest BCUT2D eigenvalue weighted by atomic mass is 16.5. The number of rotatable bonds is 6. The lowest BCUT2D eigenvalue weighted by molar-refractivity contribution is 0.102. The van der Waals surface area contributed by atoms with E-state index in [0.717, 1.165) is 43.2 Å². The van der Waals surface area contributed by atoms with Crippen LogP contribution in [0.25, 0.3) is 5.65 Å². The standard InChI is InChI=1S/C20H25N7O2/c1-4-21-14-5-6-26(11-14)19-9-22-15(8-23-19)20(28)25-16-12-27-10-13(2)24-18(27)7-17(16)29-3/h7-10,12,14,21H,4-6,11H2,1-3H3,(H,25,28)/t14-/m1/s1. The molecule has 1 aliphatic rings. The fourth-order valence-electron chi connectivity index (χ4n) is 3.62. The third kappa shape index (κ3) is 4.00. The molecule has 4 heterocycles. The van der Waals surface area contributed by atoms with Crippen molar-refractivity contribution >= 4 is 23.1 Å². The SMILES string of the molecule is CCN[C@@H]1CCN(c2cnc(C(=O)Nc3cn4cc(C)nc4cc3OC)cn2)C1. The number of fused-ring (bicyclic) bond motifs is 1. The molecule has 0 saturated carbocycles. The molecule has 1 saturated heterocycles. The van der Waals surface area contributed by atoms with Crippen LogP contribution in [0.2, 0.25) is 0 Å². The number of hydrogen-bond acceptors (Lipinski definition) is 7. The smallest absolute Gasteiger partial charge is 0.276 e. The normalized spacial score (nSPS) is 16.4. The van der Waals surface area contributed by atoms with Crippen LogP contribution in [-0.2, 0) is 0 Å². The highest BCUT2D eigenvalue weighted by molar-refractivity contribution is 6.03. The number of hydrogen-bond donors (Lipinski definition) is 2. The predicted octanol–water partition coefficient (Wildman–Crippen LogP) is 1.88. The lowest BCUT2D eigenvalue weighted by Gasteiger charge is -2.17. The molecule has 0 bridgehead atoms. The van der Waals surface area contributed by atoms with Gasteiger partial charge >= 0.3 is 0 Å². The lowest BCUT2D eigenvalue weighted by atomic mass is 10.3. The van der Waals surface area contributed by atoms with E-state index < -0.39 is 0 Å². The largest absolute Gasteiger partial charge is 0.494 e. The molecule has 1 fully saturated rings.